The Kier molecular flexibility index (Phi) is 3.50. The lowest BCUT2D eigenvalue weighted by Crippen LogP contribution is -2.50. The lowest BCUT2D eigenvalue weighted by Gasteiger charge is -2.36. The molecule has 2 rings (SSSR count). The Balaban J connectivity index is 2.11. The normalized spacial score (nSPS) is 36.1. The van der Waals surface area contributed by atoms with E-state index >= 15 is 0 Å². The fraction of sp³-hybridized carbons (Fsp3) is 0.917. The van der Waals surface area contributed by atoms with Crippen molar-refractivity contribution in [1.82, 2.24) is 10.2 Å². The number of carbonyl (C=O) groups excluding carboxylic acids is 1. The summed E-state index contributed by atoms with van der Waals surface area (Å²) in [5, 5.41) is 3.37. The quantitative estimate of drug-likeness (QED) is 0.763. The Morgan fingerprint density at radius 3 is 2.81 bits per heavy atom. The zero-order chi connectivity index (χ0) is 11.7. The highest BCUT2D eigenvalue weighted by molar-refractivity contribution is 5.84. The number of rotatable bonds is 2. The van der Waals surface area contributed by atoms with Gasteiger partial charge in [-0.3, -0.25) is 10.1 Å². The van der Waals surface area contributed by atoms with Crippen molar-refractivity contribution >= 4 is 5.91 Å². The van der Waals surface area contributed by atoms with Crippen LogP contribution < -0.4 is 5.32 Å². The van der Waals surface area contributed by atoms with Crippen LogP contribution in [0.5, 0.6) is 0 Å². The molecule has 16 heavy (non-hydrogen) atoms. The molecular weight excluding hydrogens is 204 g/mol. The molecule has 4 heteroatoms. The maximum Gasteiger partial charge on any atom is 0.241 e. The Morgan fingerprint density at radius 1 is 1.50 bits per heavy atom. The Bertz CT molecular complexity index is 262. The fourth-order valence-electron chi connectivity index (χ4n) is 2.63. The second-order valence-corrected chi connectivity index (χ2v) is 5.19. The van der Waals surface area contributed by atoms with Crippen LogP contribution >= 0.6 is 0 Å². The first-order valence-electron chi connectivity index (χ1n) is 6.27. The van der Waals surface area contributed by atoms with Crippen LogP contribution in [0.1, 0.15) is 33.6 Å². The van der Waals surface area contributed by atoms with Crippen LogP contribution in [0.15, 0.2) is 0 Å². The number of nitrogens with zero attached hydrogens (tertiary/aromatic N) is 1. The topological polar surface area (TPSA) is 41.6 Å². The van der Waals surface area contributed by atoms with Crippen molar-refractivity contribution in [3.05, 3.63) is 0 Å². The van der Waals surface area contributed by atoms with Crippen molar-refractivity contribution < 1.29 is 9.53 Å². The van der Waals surface area contributed by atoms with Gasteiger partial charge in [0.25, 0.3) is 0 Å². The van der Waals surface area contributed by atoms with Crippen LogP contribution in [0.2, 0.25) is 0 Å². The molecule has 0 radical (unpaired) electrons. The molecular formula is C12H22N2O2. The molecule has 0 spiro atoms. The molecule has 0 aliphatic carbocycles. The second-order valence-electron chi connectivity index (χ2n) is 5.19. The molecule has 0 bridgehead atoms. The van der Waals surface area contributed by atoms with Gasteiger partial charge in [-0.15, -0.1) is 0 Å². The molecule has 2 heterocycles. The van der Waals surface area contributed by atoms with Crippen LogP contribution in [-0.4, -0.2) is 42.3 Å². The summed E-state index contributed by atoms with van der Waals surface area (Å²) in [7, 11) is 0. The zero-order valence-electron chi connectivity index (χ0n) is 10.4. The third-order valence-corrected chi connectivity index (χ3v) is 3.51. The molecule has 2 aliphatic heterocycles. The van der Waals surface area contributed by atoms with Crippen LogP contribution in [0.3, 0.4) is 0 Å². The van der Waals surface area contributed by atoms with Gasteiger partial charge in [-0.05, 0) is 25.7 Å². The van der Waals surface area contributed by atoms with E-state index in [1.807, 2.05) is 11.8 Å². The standard InChI is InChI=1S/C12H22N2O2/c1-8(2)11-13-9(3)12(15)14(11)10-5-4-6-16-7-10/h8-11,13H,4-7H2,1-3H3. The minimum Gasteiger partial charge on any atom is -0.379 e. The third-order valence-electron chi connectivity index (χ3n) is 3.51. The van der Waals surface area contributed by atoms with E-state index in [-0.39, 0.29) is 24.2 Å². The average Bonchev–Trinajstić information content (AvgIpc) is 2.57. The van der Waals surface area contributed by atoms with Crippen molar-refractivity contribution in [1.29, 1.82) is 0 Å². The molecule has 0 aromatic rings. The lowest BCUT2D eigenvalue weighted by atomic mass is 10.0. The van der Waals surface area contributed by atoms with Gasteiger partial charge in [-0.2, -0.15) is 0 Å². The molecule has 3 unspecified atom stereocenters. The first kappa shape index (κ1) is 11.9. The summed E-state index contributed by atoms with van der Waals surface area (Å²) < 4.78 is 5.48. The van der Waals surface area contributed by atoms with Gasteiger partial charge in [0, 0.05) is 6.61 Å². The number of nitrogens with one attached hydrogen (secondary N) is 1. The van der Waals surface area contributed by atoms with Gasteiger partial charge < -0.3 is 9.64 Å². The zero-order valence-corrected chi connectivity index (χ0v) is 10.4. The maximum absolute atomic E-state index is 12.1. The van der Waals surface area contributed by atoms with Gasteiger partial charge in [-0.25, -0.2) is 0 Å². The molecule has 2 fully saturated rings. The third kappa shape index (κ3) is 2.09. The Hall–Kier alpha value is -0.610. The van der Waals surface area contributed by atoms with E-state index in [0.717, 1.165) is 19.4 Å². The molecule has 0 saturated carbocycles. The number of ether oxygens (including phenoxy) is 1. The van der Waals surface area contributed by atoms with Crippen molar-refractivity contribution in [2.45, 2.75) is 51.9 Å². The molecule has 1 N–H and O–H groups in total. The fourth-order valence-corrected chi connectivity index (χ4v) is 2.63. The molecule has 1 amide bonds. The predicted octanol–water partition coefficient (Wildman–Crippen LogP) is 0.968. The van der Waals surface area contributed by atoms with Crippen molar-refractivity contribution in [3.63, 3.8) is 0 Å². The average molecular weight is 226 g/mol. The number of carbonyl (C=O) groups is 1. The van der Waals surface area contributed by atoms with Gasteiger partial charge in [0.15, 0.2) is 0 Å². The van der Waals surface area contributed by atoms with E-state index in [1.54, 1.807) is 0 Å². The summed E-state index contributed by atoms with van der Waals surface area (Å²) in [5.74, 6) is 0.671. The largest absolute Gasteiger partial charge is 0.379 e. The van der Waals surface area contributed by atoms with Crippen LogP contribution in [0.4, 0.5) is 0 Å². The van der Waals surface area contributed by atoms with Gasteiger partial charge in [0.2, 0.25) is 5.91 Å². The monoisotopic (exact) mass is 226 g/mol. The van der Waals surface area contributed by atoms with E-state index in [2.05, 4.69) is 19.2 Å². The summed E-state index contributed by atoms with van der Waals surface area (Å²) >= 11 is 0. The molecule has 0 aromatic heterocycles. The highest BCUT2D eigenvalue weighted by Gasteiger charge is 2.41. The minimum absolute atomic E-state index is 0.0469. The van der Waals surface area contributed by atoms with Crippen molar-refractivity contribution in [2.75, 3.05) is 13.2 Å². The van der Waals surface area contributed by atoms with Crippen LogP contribution in [-0.2, 0) is 9.53 Å². The summed E-state index contributed by atoms with van der Waals surface area (Å²) in [6.45, 7) is 7.79. The highest BCUT2D eigenvalue weighted by atomic mass is 16.5. The van der Waals surface area contributed by atoms with Crippen molar-refractivity contribution in [3.8, 4) is 0 Å². The lowest BCUT2D eigenvalue weighted by molar-refractivity contribution is -0.135. The van der Waals surface area contributed by atoms with Crippen LogP contribution in [0.25, 0.3) is 0 Å². The first-order valence-corrected chi connectivity index (χ1v) is 6.27. The Morgan fingerprint density at radius 2 is 2.25 bits per heavy atom. The van der Waals surface area contributed by atoms with Crippen molar-refractivity contribution in [2.24, 2.45) is 5.92 Å². The minimum atomic E-state index is -0.0469. The summed E-state index contributed by atoms with van der Waals surface area (Å²) in [6.07, 6.45) is 2.31. The predicted molar refractivity (Wildman–Crippen MR) is 61.9 cm³/mol. The van der Waals surface area contributed by atoms with Gasteiger partial charge >= 0.3 is 0 Å². The Labute approximate surface area is 97.3 Å². The van der Waals surface area contributed by atoms with E-state index in [0.29, 0.717) is 12.5 Å². The molecule has 2 saturated heterocycles. The van der Waals surface area contributed by atoms with E-state index in [9.17, 15) is 4.79 Å². The van der Waals surface area contributed by atoms with Gasteiger partial charge in [0.1, 0.15) is 0 Å². The maximum atomic E-state index is 12.1. The summed E-state index contributed by atoms with van der Waals surface area (Å²) in [5.41, 5.74) is 0. The van der Waals surface area contributed by atoms with E-state index in [1.165, 1.54) is 0 Å². The second kappa shape index (κ2) is 4.72. The molecule has 3 atom stereocenters. The van der Waals surface area contributed by atoms with E-state index < -0.39 is 0 Å². The number of hydrogen-bond donors (Lipinski definition) is 1. The SMILES string of the molecule is CC1NC(C(C)C)N(C2CCCOC2)C1=O. The molecule has 92 valence electrons. The number of amides is 1. The van der Waals surface area contributed by atoms with Gasteiger partial charge in [-0.1, -0.05) is 13.8 Å². The summed E-state index contributed by atoms with van der Waals surface area (Å²) in [6, 6.07) is 0.223. The van der Waals surface area contributed by atoms with E-state index in [4.69, 9.17) is 4.74 Å². The number of hydrogen-bond acceptors (Lipinski definition) is 3. The molecule has 2 aliphatic rings. The molecule has 0 aromatic carbocycles. The van der Waals surface area contributed by atoms with Gasteiger partial charge in [0.05, 0.1) is 24.9 Å². The highest BCUT2D eigenvalue weighted by Crippen LogP contribution is 2.24. The smallest absolute Gasteiger partial charge is 0.241 e. The van der Waals surface area contributed by atoms with Crippen LogP contribution in [0, 0.1) is 5.92 Å². The first-order chi connectivity index (χ1) is 7.61. The summed E-state index contributed by atoms with van der Waals surface area (Å²) in [4.78, 5) is 14.1. The molecule has 4 nitrogen and oxygen atoms in total.